The van der Waals surface area contributed by atoms with E-state index in [1.807, 2.05) is 31.2 Å². The Morgan fingerprint density at radius 1 is 1.53 bits per heavy atom. The lowest BCUT2D eigenvalue weighted by Gasteiger charge is -2.11. The molecule has 0 radical (unpaired) electrons. The summed E-state index contributed by atoms with van der Waals surface area (Å²) in [6.07, 6.45) is 2.26. The Labute approximate surface area is 98.4 Å². The number of carboxylic acid groups (broad SMARTS) is 1. The van der Waals surface area contributed by atoms with Crippen LogP contribution in [0.15, 0.2) is 28.7 Å². The van der Waals surface area contributed by atoms with Crippen molar-refractivity contribution in [2.45, 2.75) is 26.2 Å². The molecule has 0 saturated heterocycles. The summed E-state index contributed by atoms with van der Waals surface area (Å²) in [5, 5.41) is 9.02. The second-order valence-electron chi connectivity index (χ2n) is 3.66. The molecule has 1 atom stereocenters. The van der Waals surface area contributed by atoms with E-state index in [1.54, 1.807) is 0 Å². The standard InChI is InChI=1S/C12H15BrO2/c1-2-4-10(12(14)15)7-9-5-3-6-11(13)8-9/h3,5-6,8,10H,2,4,7H2,1H3,(H,14,15). The molecule has 15 heavy (non-hydrogen) atoms. The number of benzene rings is 1. The van der Waals surface area contributed by atoms with Gasteiger partial charge in [-0.3, -0.25) is 4.79 Å². The lowest BCUT2D eigenvalue weighted by Crippen LogP contribution is -2.16. The summed E-state index contributed by atoms with van der Waals surface area (Å²) in [6, 6.07) is 7.82. The zero-order chi connectivity index (χ0) is 11.3. The van der Waals surface area contributed by atoms with Crippen molar-refractivity contribution in [3.8, 4) is 0 Å². The van der Waals surface area contributed by atoms with Crippen LogP contribution in [-0.4, -0.2) is 11.1 Å². The maximum absolute atomic E-state index is 11.0. The van der Waals surface area contributed by atoms with Gasteiger partial charge in [0.05, 0.1) is 5.92 Å². The molecule has 0 aliphatic carbocycles. The van der Waals surface area contributed by atoms with Gasteiger partial charge in [-0.15, -0.1) is 0 Å². The van der Waals surface area contributed by atoms with Crippen molar-refractivity contribution in [2.24, 2.45) is 5.92 Å². The third-order valence-corrected chi connectivity index (χ3v) is 2.85. The first-order chi connectivity index (χ1) is 7.13. The first-order valence-corrected chi connectivity index (χ1v) is 5.90. The van der Waals surface area contributed by atoms with Crippen LogP contribution >= 0.6 is 15.9 Å². The van der Waals surface area contributed by atoms with E-state index in [9.17, 15) is 4.79 Å². The van der Waals surface area contributed by atoms with Crippen molar-refractivity contribution in [3.05, 3.63) is 34.3 Å². The van der Waals surface area contributed by atoms with E-state index in [0.717, 1.165) is 22.9 Å². The van der Waals surface area contributed by atoms with E-state index in [-0.39, 0.29) is 5.92 Å². The summed E-state index contributed by atoms with van der Waals surface area (Å²) in [7, 11) is 0. The van der Waals surface area contributed by atoms with Crippen LogP contribution in [0.2, 0.25) is 0 Å². The molecular formula is C12H15BrO2. The molecule has 0 bridgehead atoms. The molecule has 1 unspecified atom stereocenters. The largest absolute Gasteiger partial charge is 0.481 e. The Balaban J connectivity index is 2.69. The van der Waals surface area contributed by atoms with E-state index >= 15 is 0 Å². The molecule has 0 fully saturated rings. The highest BCUT2D eigenvalue weighted by Crippen LogP contribution is 2.18. The molecule has 0 aromatic heterocycles. The zero-order valence-corrected chi connectivity index (χ0v) is 10.3. The number of hydrogen-bond acceptors (Lipinski definition) is 1. The SMILES string of the molecule is CCCC(Cc1cccc(Br)c1)C(=O)O. The highest BCUT2D eigenvalue weighted by molar-refractivity contribution is 9.10. The molecule has 2 nitrogen and oxygen atoms in total. The number of hydrogen-bond donors (Lipinski definition) is 1. The smallest absolute Gasteiger partial charge is 0.306 e. The van der Waals surface area contributed by atoms with Gasteiger partial charge >= 0.3 is 5.97 Å². The Morgan fingerprint density at radius 3 is 2.80 bits per heavy atom. The quantitative estimate of drug-likeness (QED) is 0.890. The summed E-state index contributed by atoms with van der Waals surface area (Å²) < 4.78 is 1.00. The van der Waals surface area contributed by atoms with Gasteiger partial charge in [0.1, 0.15) is 0 Å². The number of carbonyl (C=O) groups is 1. The summed E-state index contributed by atoms with van der Waals surface area (Å²) >= 11 is 3.38. The molecule has 1 aromatic carbocycles. The Bertz CT molecular complexity index is 336. The molecule has 0 heterocycles. The first-order valence-electron chi connectivity index (χ1n) is 5.10. The van der Waals surface area contributed by atoms with Crippen LogP contribution < -0.4 is 0 Å². The predicted molar refractivity (Wildman–Crippen MR) is 63.9 cm³/mol. The van der Waals surface area contributed by atoms with Gasteiger partial charge in [-0.25, -0.2) is 0 Å². The molecule has 3 heteroatoms. The van der Waals surface area contributed by atoms with Crippen LogP contribution in [0, 0.1) is 5.92 Å². The van der Waals surface area contributed by atoms with Gasteiger partial charge in [0.2, 0.25) is 0 Å². The monoisotopic (exact) mass is 270 g/mol. The van der Waals surface area contributed by atoms with E-state index < -0.39 is 5.97 Å². The fourth-order valence-electron chi connectivity index (χ4n) is 1.61. The van der Waals surface area contributed by atoms with E-state index in [2.05, 4.69) is 15.9 Å². The second-order valence-corrected chi connectivity index (χ2v) is 4.57. The van der Waals surface area contributed by atoms with Crippen LogP contribution in [-0.2, 0) is 11.2 Å². The summed E-state index contributed by atoms with van der Waals surface area (Å²) in [5.74, 6) is -0.957. The molecule has 0 aliphatic heterocycles. The van der Waals surface area contributed by atoms with Crippen molar-refractivity contribution >= 4 is 21.9 Å². The van der Waals surface area contributed by atoms with Gasteiger partial charge in [0.15, 0.2) is 0 Å². The van der Waals surface area contributed by atoms with Crippen molar-refractivity contribution in [2.75, 3.05) is 0 Å². The van der Waals surface area contributed by atoms with Crippen LogP contribution in [0.5, 0.6) is 0 Å². The van der Waals surface area contributed by atoms with E-state index in [4.69, 9.17) is 5.11 Å². The van der Waals surface area contributed by atoms with Crippen LogP contribution in [0.3, 0.4) is 0 Å². The molecule has 1 N–H and O–H groups in total. The summed E-state index contributed by atoms with van der Waals surface area (Å²) in [4.78, 5) is 11.0. The van der Waals surface area contributed by atoms with Crippen LogP contribution in [0.25, 0.3) is 0 Å². The number of halogens is 1. The lowest BCUT2D eigenvalue weighted by atomic mass is 9.95. The first kappa shape index (κ1) is 12.2. The maximum Gasteiger partial charge on any atom is 0.306 e. The number of carboxylic acids is 1. The average Bonchev–Trinajstić information content (AvgIpc) is 2.17. The minimum absolute atomic E-state index is 0.260. The molecule has 82 valence electrons. The predicted octanol–water partition coefficient (Wildman–Crippen LogP) is 3.49. The van der Waals surface area contributed by atoms with Gasteiger partial charge in [0, 0.05) is 4.47 Å². The Kier molecular flexibility index (Phi) is 4.82. The van der Waals surface area contributed by atoms with Crippen LogP contribution in [0.1, 0.15) is 25.3 Å². The summed E-state index contributed by atoms with van der Waals surface area (Å²) in [5.41, 5.74) is 1.07. The van der Waals surface area contributed by atoms with Crippen molar-refractivity contribution in [3.63, 3.8) is 0 Å². The molecule has 0 amide bonds. The second kappa shape index (κ2) is 5.91. The van der Waals surface area contributed by atoms with Crippen molar-refractivity contribution in [1.82, 2.24) is 0 Å². The molecule has 0 saturated carbocycles. The normalized spacial score (nSPS) is 12.4. The number of aliphatic carboxylic acids is 1. The topological polar surface area (TPSA) is 37.3 Å². The average molecular weight is 271 g/mol. The fourth-order valence-corrected chi connectivity index (χ4v) is 2.06. The van der Waals surface area contributed by atoms with Gasteiger partial charge in [-0.1, -0.05) is 41.4 Å². The highest BCUT2D eigenvalue weighted by Gasteiger charge is 2.16. The zero-order valence-electron chi connectivity index (χ0n) is 8.74. The van der Waals surface area contributed by atoms with Crippen molar-refractivity contribution < 1.29 is 9.90 Å². The van der Waals surface area contributed by atoms with Crippen LogP contribution in [0.4, 0.5) is 0 Å². The minimum atomic E-state index is -0.697. The number of rotatable bonds is 5. The molecule has 0 spiro atoms. The Hall–Kier alpha value is -0.830. The molecule has 1 rings (SSSR count). The van der Waals surface area contributed by atoms with E-state index in [0.29, 0.717) is 6.42 Å². The van der Waals surface area contributed by atoms with Gasteiger partial charge < -0.3 is 5.11 Å². The summed E-state index contributed by atoms with van der Waals surface area (Å²) in [6.45, 7) is 2.01. The van der Waals surface area contributed by atoms with Gasteiger partial charge in [0.25, 0.3) is 0 Å². The van der Waals surface area contributed by atoms with Gasteiger partial charge in [-0.05, 0) is 30.5 Å². The lowest BCUT2D eigenvalue weighted by molar-refractivity contribution is -0.141. The minimum Gasteiger partial charge on any atom is -0.481 e. The maximum atomic E-state index is 11.0. The third kappa shape index (κ3) is 4.04. The fraction of sp³-hybridized carbons (Fsp3) is 0.417. The van der Waals surface area contributed by atoms with Gasteiger partial charge in [-0.2, -0.15) is 0 Å². The highest BCUT2D eigenvalue weighted by atomic mass is 79.9. The molecule has 0 aliphatic rings. The Morgan fingerprint density at radius 2 is 2.27 bits per heavy atom. The van der Waals surface area contributed by atoms with E-state index in [1.165, 1.54) is 0 Å². The van der Waals surface area contributed by atoms with Crippen molar-refractivity contribution in [1.29, 1.82) is 0 Å². The molecule has 1 aromatic rings. The molecular weight excluding hydrogens is 256 g/mol. The third-order valence-electron chi connectivity index (χ3n) is 2.36.